The number of alkyl halides is 3. The maximum atomic E-state index is 12.8. The standard InChI is InChI=1S/C14H8F3IO2/c15-14(16,17)13-7-12(5-4-9(13)8-19)20-11-3-1-2-10(18)6-11/h1-8H. The number of hydrogen-bond acceptors (Lipinski definition) is 2. The first-order valence-corrected chi connectivity index (χ1v) is 6.58. The molecule has 0 aliphatic carbocycles. The first-order chi connectivity index (χ1) is 9.40. The van der Waals surface area contributed by atoms with Crippen molar-refractivity contribution >= 4 is 28.9 Å². The van der Waals surface area contributed by atoms with Gasteiger partial charge in [0.05, 0.1) is 5.56 Å². The average Bonchev–Trinajstić information content (AvgIpc) is 2.37. The Morgan fingerprint density at radius 3 is 2.35 bits per heavy atom. The summed E-state index contributed by atoms with van der Waals surface area (Å²) in [5.74, 6) is 0.466. The van der Waals surface area contributed by atoms with E-state index >= 15 is 0 Å². The molecule has 0 N–H and O–H groups in total. The Bertz CT molecular complexity index is 639. The molecule has 0 saturated carbocycles. The highest BCUT2D eigenvalue weighted by Gasteiger charge is 2.33. The van der Waals surface area contributed by atoms with Gasteiger partial charge in [-0.2, -0.15) is 13.2 Å². The number of halogens is 4. The third-order valence-electron chi connectivity index (χ3n) is 2.49. The van der Waals surface area contributed by atoms with E-state index < -0.39 is 17.3 Å². The first-order valence-electron chi connectivity index (χ1n) is 5.50. The van der Waals surface area contributed by atoms with Crippen molar-refractivity contribution in [1.29, 1.82) is 0 Å². The Morgan fingerprint density at radius 2 is 1.75 bits per heavy atom. The minimum atomic E-state index is -4.60. The Labute approximate surface area is 126 Å². The monoisotopic (exact) mass is 392 g/mol. The largest absolute Gasteiger partial charge is 0.457 e. The number of carbonyl (C=O) groups excluding carboxylic acids is 1. The van der Waals surface area contributed by atoms with Crippen molar-refractivity contribution in [1.82, 2.24) is 0 Å². The van der Waals surface area contributed by atoms with Crippen molar-refractivity contribution in [3.8, 4) is 11.5 Å². The van der Waals surface area contributed by atoms with Crippen LogP contribution in [0, 0.1) is 3.57 Å². The predicted molar refractivity (Wildman–Crippen MR) is 76.1 cm³/mol. The van der Waals surface area contributed by atoms with E-state index in [1.54, 1.807) is 18.2 Å². The number of benzene rings is 2. The third kappa shape index (κ3) is 3.50. The minimum Gasteiger partial charge on any atom is -0.457 e. The van der Waals surface area contributed by atoms with Gasteiger partial charge in [0.25, 0.3) is 0 Å². The molecule has 0 atom stereocenters. The zero-order chi connectivity index (χ0) is 14.8. The maximum absolute atomic E-state index is 12.8. The fraction of sp³-hybridized carbons (Fsp3) is 0.0714. The van der Waals surface area contributed by atoms with Crippen LogP contribution in [0.5, 0.6) is 11.5 Å². The van der Waals surface area contributed by atoms with Gasteiger partial charge in [0.15, 0.2) is 6.29 Å². The summed E-state index contributed by atoms with van der Waals surface area (Å²) < 4.78 is 44.7. The quantitative estimate of drug-likeness (QED) is 0.548. The molecule has 6 heteroatoms. The fourth-order valence-corrected chi connectivity index (χ4v) is 2.13. The van der Waals surface area contributed by atoms with E-state index in [1.165, 1.54) is 6.07 Å². The molecule has 0 aliphatic heterocycles. The van der Waals surface area contributed by atoms with Gasteiger partial charge in [0.2, 0.25) is 0 Å². The van der Waals surface area contributed by atoms with Crippen LogP contribution in [0.4, 0.5) is 13.2 Å². The van der Waals surface area contributed by atoms with Gasteiger partial charge >= 0.3 is 6.18 Å². The molecule has 2 aromatic rings. The van der Waals surface area contributed by atoms with Gasteiger partial charge in [0.1, 0.15) is 11.5 Å². The topological polar surface area (TPSA) is 26.3 Å². The van der Waals surface area contributed by atoms with Crippen LogP contribution in [0.2, 0.25) is 0 Å². The van der Waals surface area contributed by atoms with E-state index in [9.17, 15) is 18.0 Å². The molecule has 2 rings (SSSR count). The molecule has 0 heterocycles. The average molecular weight is 392 g/mol. The molecule has 0 amide bonds. The summed E-state index contributed by atoms with van der Waals surface area (Å²) in [5.41, 5.74) is -1.41. The van der Waals surface area contributed by atoms with Crippen LogP contribution in [0.1, 0.15) is 15.9 Å². The Kier molecular flexibility index (Phi) is 4.32. The SMILES string of the molecule is O=Cc1ccc(Oc2cccc(I)c2)cc1C(F)(F)F. The summed E-state index contributed by atoms with van der Waals surface area (Å²) in [6, 6.07) is 10.2. The summed E-state index contributed by atoms with van der Waals surface area (Å²) >= 11 is 2.07. The molecule has 0 saturated heterocycles. The van der Waals surface area contributed by atoms with E-state index in [0.717, 1.165) is 15.7 Å². The van der Waals surface area contributed by atoms with Crippen LogP contribution in [-0.4, -0.2) is 6.29 Å². The van der Waals surface area contributed by atoms with Gasteiger partial charge in [-0.15, -0.1) is 0 Å². The number of carbonyl (C=O) groups is 1. The highest BCUT2D eigenvalue weighted by molar-refractivity contribution is 14.1. The first kappa shape index (κ1) is 14.8. The Hall–Kier alpha value is -1.57. The van der Waals surface area contributed by atoms with Gasteiger partial charge in [-0.3, -0.25) is 4.79 Å². The van der Waals surface area contributed by atoms with Crippen LogP contribution in [0.15, 0.2) is 42.5 Å². The van der Waals surface area contributed by atoms with Gasteiger partial charge in [-0.25, -0.2) is 0 Å². The summed E-state index contributed by atoms with van der Waals surface area (Å²) in [7, 11) is 0. The number of rotatable bonds is 3. The zero-order valence-electron chi connectivity index (χ0n) is 9.95. The van der Waals surface area contributed by atoms with Crippen molar-refractivity contribution in [2.75, 3.05) is 0 Å². The molecule has 2 aromatic carbocycles. The van der Waals surface area contributed by atoms with Gasteiger partial charge in [0, 0.05) is 9.13 Å². The second-order valence-electron chi connectivity index (χ2n) is 3.92. The molecular formula is C14H8F3IO2. The second kappa shape index (κ2) is 5.82. The van der Waals surface area contributed by atoms with Crippen molar-refractivity contribution in [2.24, 2.45) is 0 Å². The lowest BCUT2D eigenvalue weighted by Crippen LogP contribution is -2.09. The smallest absolute Gasteiger partial charge is 0.417 e. The molecule has 2 nitrogen and oxygen atoms in total. The summed E-state index contributed by atoms with van der Waals surface area (Å²) in [6.45, 7) is 0. The zero-order valence-corrected chi connectivity index (χ0v) is 12.1. The van der Waals surface area contributed by atoms with Gasteiger partial charge in [-0.05, 0) is 59.0 Å². The van der Waals surface area contributed by atoms with Crippen LogP contribution >= 0.6 is 22.6 Å². The molecule has 0 bridgehead atoms. The van der Waals surface area contributed by atoms with E-state index in [2.05, 4.69) is 22.6 Å². The fourth-order valence-electron chi connectivity index (χ4n) is 1.61. The van der Waals surface area contributed by atoms with E-state index in [1.807, 2.05) is 6.07 Å². The minimum absolute atomic E-state index is 0.0323. The lowest BCUT2D eigenvalue weighted by atomic mass is 10.1. The van der Waals surface area contributed by atoms with E-state index in [0.29, 0.717) is 5.75 Å². The van der Waals surface area contributed by atoms with Crippen LogP contribution in [0.25, 0.3) is 0 Å². The third-order valence-corrected chi connectivity index (χ3v) is 3.16. The van der Waals surface area contributed by atoms with Crippen molar-refractivity contribution in [2.45, 2.75) is 6.18 Å². The molecule has 0 fully saturated rings. The molecule has 20 heavy (non-hydrogen) atoms. The van der Waals surface area contributed by atoms with Gasteiger partial charge < -0.3 is 4.74 Å². The maximum Gasteiger partial charge on any atom is 0.417 e. The summed E-state index contributed by atoms with van der Waals surface area (Å²) in [6.07, 6.45) is -4.42. The van der Waals surface area contributed by atoms with Crippen LogP contribution in [0.3, 0.4) is 0 Å². The number of aldehydes is 1. The van der Waals surface area contributed by atoms with Crippen molar-refractivity contribution in [3.63, 3.8) is 0 Å². The van der Waals surface area contributed by atoms with Crippen LogP contribution in [-0.2, 0) is 6.18 Å². The lowest BCUT2D eigenvalue weighted by Gasteiger charge is -2.12. The van der Waals surface area contributed by atoms with Gasteiger partial charge in [-0.1, -0.05) is 6.07 Å². The molecular weight excluding hydrogens is 384 g/mol. The van der Waals surface area contributed by atoms with Crippen molar-refractivity contribution in [3.05, 3.63) is 57.2 Å². The Balaban J connectivity index is 2.37. The number of ether oxygens (including phenoxy) is 1. The summed E-state index contributed by atoms with van der Waals surface area (Å²) in [4.78, 5) is 10.6. The molecule has 0 spiro atoms. The summed E-state index contributed by atoms with van der Waals surface area (Å²) in [5, 5.41) is 0. The highest BCUT2D eigenvalue weighted by Crippen LogP contribution is 2.35. The molecule has 0 aliphatic rings. The highest BCUT2D eigenvalue weighted by atomic mass is 127. The molecule has 0 unspecified atom stereocenters. The molecule has 104 valence electrons. The van der Waals surface area contributed by atoms with E-state index in [4.69, 9.17) is 4.74 Å². The normalized spacial score (nSPS) is 11.2. The Morgan fingerprint density at radius 1 is 1.05 bits per heavy atom. The van der Waals surface area contributed by atoms with E-state index in [-0.39, 0.29) is 12.0 Å². The second-order valence-corrected chi connectivity index (χ2v) is 5.17. The predicted octanol–water partition coefficient (Wildman–Crippen LogP) is 4.91. The lowest BCUT2D eigenvalue weighted by molar-refractivity contribution is -0.137. The molecule has 0 radical (unpaired) electrons. The van der Waals surface area contributed by atoms with Crippen LogP contribution < -0.4 is 4.74 Å². The van der Waals surface area contributed by atoms with Crippen molar-refractivity contribution < 1.29 is 22.7 Å². The molecule has 0 aromatic heterocycles. The number of hydrogen-bond donors (Lipinski definition) is 0.